The number of hydrogen-bond acceptors (Lipinski definition) is 5. The van der Waals surface area contributed by atoms with Crippen LogP contribution in [0.5, 0.6) is 0 Å². The highest BCUT2D eigenvalue weighted by Crippen LogP contribution is 2.17. The van der Waals surface area contributed by atoms with E-state index < -0.39 is 11.4 Å². The van der Waals surface area contributed by atoms with Crippen LogP contribution in [0.25, 0.3) is 0 Å². The Morgan fingerprint density at radius 3 is 2.15 bits per heavy atom. The molecule has 0 aromatic carbocycles. The Labute approximate surface area is 122 Å². The zero-order valence-electron chi connectivity index (χ0n) is 12.9. The van der Waals surface area contributed by atoms with Crippen molar-refractivity contribution in [3.63, 3.8) is 0 Å². The third-order valence-corrected chi connectivity index (χ3v) is 3.30. The lowest BCUT2D eigenvalue weighted by Gasteiger charge is -2.28. The molecule has 0 saturated carbocycles. The van der Waals surface area contributed by atoms with E-state index in [-0.39, 0.29) is 26.4 Å². The first-order chi connectivity index (χ1) is 9.60. The maximum absolute atomic E-state index is 10.8. The molecule has 0 unspecified atom stereocenters. The Hall–Kier alpha value is -0.650. The van der Waals surface area contributed by atoms with Gasteiger partial charge in [0, 0.05) is 13.5 Å². The lowest BCUT2D eigenvalue weighted by Crippen LogP contribution is -2.40. The van der Waals surface area contributed by atoms with Gasteiger partial charge in [-0.3, -0.25) is 4.79 Å². The maximum Gasteiger partial charge on any atom is 0.302 e. The van der Waals surface area contributed by atoms with Gasteiger partial charge < -0.3 is 19.7 Å². The number of carbonyl (C=O) groups excluding carboxylic acids is 1. The molecule has 0 heterocycles. The molecular weight excluding hydrogens is 260 g/mol. The SMILES string of the molecule is CCCCCCCCOCC(CO)(CO)COC(C)=O. The summed E-state index contributed by atoms with van der Waals surface area (Å²) in [5.74, 6) is -0.424. The van der Waals surface area contributed by atoms with Gasteiger partial charge in [0.25, 0.3) is 0 Å². The molecule has 0 rings (SSSR count). The number of rotatable bonds is 13. The molecule has 5 nitrogen and oxygen atoms in total. The molecule has 0 aromatic rings. The summed E-state index contributed by atoms with van der Waals surface area (Å²) in [5.41, 5.74) is -0.895. The minimum atomic E-state index is -0.895. The molecule has 2 N–H and O–H groups in total. The molecule has 20 heavy (non-hydrogen) atoms. The van der Waals surface area contributed by atoms with E-state index in [1.54, 1.807) is 0 Å². The fraction of sp³-hybridized carbons (Fsp3) is 0.933. The standard InChI is InChI=1S/C15H30O5/c1-3-4-5-6-7-8-9-19-12-15(10-16,11-17)13-20-14(2)18/h16-17H,3-13H2,1-2H3. The van der Waals surface area contributed by atoms with Crippen molar-refractivity contribution in [2.45, 2.75) is 52.4 Å². The van der Waals surface area contributed by atoms with Gasteiger partial charge in [0.05, 0.1) is 25.2 Å². The van der Waals surface area contributed by atoms with Crippen LogP contribution in [0, 0.1) is 5.41 Å². The highest BCUT2D eigenvalue weighted by Gasteiger charge is 2.30. The molecule has 0 spiro atoms. The molecular formula is C15H30O5. The predicted octanol–water partition coefficient (Wildman–Crippen LogP) is 1.90. The summed E-state index contributed by atoms with van der Waals surface area (Å²) in [5, 5.41) is 18.7. The van der Waals surface area contributed by atoms with Gasteiger partial charge in [-0.2, -0.15) is 0 Å². The maximum atomic E-state index is 10.8. The van der Waals surface area contributed by atoms with E-state index in [2.05, 4.69) is 6.92 Å². The quantitative estimate of drug-likeness (QED) is 0.400. The Morgan fingerprint density at radius 2 is 1.60 bits per heavy atom. The molecule has 0 radical (unpaired) electrons. The lowest BCUT2D eigenvalue weighted by atomic mass is 9.92. The van der Waals surface area contributed by atoms with Crippen molar-refractivity contribution in [2.75, 3.05) is 33.0 Å². The van der Waals surface area contributed by atoms with Gasteiger partial charge in [-0.05, 0) is 6.42 Å². The molecule has 0 bridgehead atoms. The third-order valence-electron chi connectivity index (χ3n) is 3.30. The van der Waals surface area contributed by atoms with Crippen molar-refractivity contribution < 1.29 is 24.5 Å². The molecule has 0 aliphatic carbocycles. The summed E-state index contributed by atoms with van der Waals surface area (Å²) in [6.07, 6.45) is 7.11. The van der Waals surface area contributed by atoms with Gasteiger partial charge in [0.2, 0.25) is 0 Å². The van der Waals surface area contributed by atoms with Crippen LogP contribution >= 0.6 is 0 Å². The zero-order valence-corrected chi connectivity index (χ0v) is 12.9. The van der Waals surface area contributed by atoms with Gasteiger partial charge in [0.1, 0.15) is 6.61 Å². The Bertz CT molecular complexity index is 238. The average Bonchev–Trinajstić information content (AvgIpc) is 2.45. The van der Waals surface area contributed by atoms with Crippen molar-refractivity contribution in [2.24, 2.45) is 5.41 Å². The van der Waals surface area contributed by atoms with Crippen LogP contribution in [0.3, 0.4) is 0 Å². The second kappa shape index (κ2) is 12.1. The normalized spacial score (nSPS) is 11.6. The largest absolute Gasteiger partial charge is 0.465 e. The average molecular weight is 290 g/mol. The van der Waals surface area contributed by atoms with Gasteiger partial charge in [-0.1, -0.05) is 39.0 Å². The first-order valence-corrected chi connectivity index (χ1v) is 7.53. The first kappa shape index (κ1) is 19.4. The molecule has 0 aliphatic heterocycles. The van der Waals surface area contributed by atoms with Crippen LogP contribution in [0.2, 0.25) is 0 Å². The van der Waals surface area contributed by atoms with E-state index in [0.29, 0.717) is 6.61 Å². The van der Waals surface area contributed by atoms with Crippen LogP contribution in [0.1, 0.15) is 52.4 Å². The number of unbranched alkanes of at least 4 members (excludes halogenated alkanes) is 5. The highest BCUT2D eigenvalue weighted by atomic mass is 16.5. The highest BCUT2D eigenvalue weighted by molar-refractivity contribution is 5.65. The van der Waals surface area contributed by atoms with Gasteiger partial charge >= 0.3 is 5.97 Å². The fourth-order valence-corrected chi connectivity index (χ4v) is 1.80. The van der Waals surface area contributed by atoms with Crippen molar-refractivity contribution in [3.05, 3.63) is 0 Å². The summed E-state index contributed by atoms with van der Waals surface area (Å²) < 4.78 is 10.4. The number of aliphatic hydroxyl groups excluding tert-OH is 2. The topological polar surface area (TPSA) is 76.0 Å². The van der Waals surface area contributed by atoms with Crippen molar-refractivity contribution in [3.8, 4) is 0 Å². The van der Waals surface area contributed by atoms with E-state index in [9.17, 15) is 15.0 Å². The summed E-state index contributed by atoms with van der Waals surface area (Å²) >= 11 is 0. The Kier molecular flexibility index (Phi) is 11.7. The van der Waals surface area contributed by atoms with Crippen LogP contribution in [0.4, 0.5) is 0 Å². The molecule has 0 amide bonds. The third kappa shape index (κ3) is 9.28. The number of aliphatic hydroxyl groups is 2. The Balaban J connectivity index is 3.77. The number of carbonyl (C=O) groups is 1. The molecule has 5 heteroatoms. The number of esters is 1. The van der Waals surface area contributed by atoms with Gasteiger partial charge in [0.15, 0.2) is 0 Å². The fourth-order valence-electron chi connectivity index (χ4n) is 1.80. The second-order valence-corrected chi connectivity index (χ2v) is 5.42. The van der Waals surface area contributed by atoms with E-state index in [1.165, 1.54) is 32.6 Å². The smallest absolute Gasteiger partial charge is 0.302 e. The summed E-state index contributed by atoms with van der Waals surface area (Å²) in [4.78, 5) is 10.8. The van der Waals surface area contributed by atoms with Gasteiger partial charge in [-0.15, -0.1) is 0 Å². The van der Waals surface area contributed by atoms with Crippen molar-refractivity contribution in [1.29, 1.82) is 0 Å². The molecule has 0 atom stereocenters. The number of hydrogen-bond donors (Lipinski definition) is 2. The minimum absolute atomic E-state index is 0.0220. The van der Waals surface area contributed by atoms with Crippen molar-refractivity contribution >= 4 is 5.97 Å². The Morgan fingerprint density at radius 1 is 1.00 bits per heavy atom. The van der Waals surface area contributed by atoms with Crippen LogP contribution in [-0.2, 0) is 14.3 Å². The monoisotopic (exact) mass is 290 g/mol. The predicted molar refractivity (Wildman–Crippen MR) is 77.4 cm³/mol. The summed E-state index contributed by atoms with van der Waals surface area (Å²) in [6.45, 7) is 3.73. The molecule has 0 aromatic heterocycles. The van der Waals surface area contributed by atoms with Crippen molar-refractivity contribution in [1.82, 2.24) is 0 Å². The zero-order chi connectivity index (χ0) is 15.3. The van der Waals surface area contributed by atoms with E-state index in [4.69, 9.17) is 9.47 Å². The summed E-state index contributed by atoms with van der Waals surface area (Å²) in [6, 6.07) is 0. The van der Waals surface area contributed by atoms with Crippen LogP contribution in [-0.4, -0.2) is 49.2 Å². The molecule has 120 valence electrons. The summed E-state index contributed by atoms with van der Waals surface area (Å²) in [7, 11) is 0. The second-order valence-electron chi connectivity index (χ2n) is 5.42. The molecule has 0 saturated heterocycles. The number of ether oxygens (including phenoxy) is 2. The van der Waals surface area contributed by atoms with E-state index in [0.717, 1.165) is 12.8 Å². The lowest BCUT2D eigenvalue weighted by molar-refractivity contribution is -0.150. The minimum Gasteiger partial charge on any atom is -0.465 e. The molecule has 0 fully saturated rings. The molecule has 0 aliphatic rings. The van der Waals surface area contributed by atoms with E-state index in [1.807, 2.05) is 0 Å². The van der Waals surface area contributed by atoms with E-state index >= 15 is 0 Å². The van der Waals surface area contributed by atoms with Crippen LogP contribution in [0.15, 0.2) is 0 Å². The van der Waals surface area contributed by atoms with Gasteiger partial charge in [-0.25, -0.2) is 0 Å². The van der Waals surface area contributed by atoms with Crippen LogP contribution < -0.4 is 0 Å². The first-order valence-electron chi connectivity index (χ1n) is 7.53.